The standard InChI is InChI=1S/C22H20FN3O2S/c1-14(27)24-18-8-6-15(7-9-18)19-13-29-21(25-19)26-20(28)22(10-3-11-22)16-4-2-5-17(23)12-16/h2,4-9,12-13H,3,10-11H2,1H3,(H,24,27)(H,25,26,28). The molecule has 0 saturated heterocycles. The van der Waals surface area contributed by atoms with Crippen molar-refractivity contribution in [2.45, 2.75) is 31.6 Å². The Morgan fingerprint density at radius 3 is 2.48 bits per heavy atom. The maximum Gasteiger partial charge on any atom is 0.236 e. The van der Waals surface area contributed by atoms with Gasteiger partial charge in [0.2, 0.25) is 11.8 Å². The number of halogens is 1. The van der Waals surface area contributed by atoms with Crippen molar-refractivity contribution in [3.8, 4) is 11.3 Å². The van der Waals surface area contributed by atoms with Gasteiger partial charge in [0.1, 0.15) is 5.82 Å². The van der Waals surface area contributed by atoms with Gasteiger partial charge in [-0.2, -0.15) is 0 Å². The third-order valence-electron chi connectivity index (χ3n) is 5.24. The highest BCUT2D eigenvalue weighted by atomic mass is 32.1. The number of carbonyl (C=O) groups is 2. The first kappa shape index (κ1) is 19.3. The monoisotopic (exact) mass is 409 g/mol. The van der Waals surface area contributed by atoms with Crippen LogP contribution in [0.25, 0.3) is 11.3 Å². The van der Waals surface area contributed by atoms with Gasteiger partial charge in [0, 0.05) is 23.6 Å². The lowest BCUT2D eigenvalue weighted by atomic mass is 9.64. The van der Waals surface area contributed by atoms with Crippen LogP contribution in [0.2, 0.25) is 0 Å². The van der Waals surface area contributed by atoms with Crippen molar-refractivity contribution in [2.75, 3.05) is 10.6 Å². The lowest BCUT2D eigenvalue weighted by molar-refractivity contribution is -0.124. The zero-order valence-electron chi connectivity index (χ0n) is 15.9. The normalized spacial score (nSPS) is 14.7. The number of benzene rings is 2. The largest absolute Gasteiger partial charge is 0.326 e. The summed E-state index contributed by atoms with van der Waals surface area (Å²) in [5.74, 6) is -0.600. The number of nitrogens with one attached hydrogen (secondary N) is 2. The minimum Gasteiger partial charge on any atom is -0.326 e. The Labute approximate surface area is 172 Å². The van der Waals surface area contributed by atoms with Gasteiger partial charge in [-0.3, -0.25) is 9.59 Å². The van der Waals surface area contributed by atoms with E-state index in [-0.39, 0.29) is 17.6 Å². The predicted molar refractivity (Wildman–Crippen MR) is 112 cm³/mol. The zero-order chi connectivity index (χ0) is 20.4. The van der Waals surface area contributed by atoms with E-state index in [1.165, 1.54) is 30.4 Å². The van der Waals surface area contributed by atoms with Gasteiger partial charge in [0.15, 0.2) is 5.13 Å². The van der Waals surface area contributed by atoms with E-state index in [4.69, 9.17) is 0 Å². The second-order valence-electron chi connectivity index (χ2n) is 7.20. The Bertz CT molecular complexity index is 1060. The van der Waals surface area contributed by atoms with Crippen molar-refractivity contribution in [3.05, 3.63) is 65.3 Å². The molecule has 0 aliphatic heterocycles. The Balaban J connectivity index is 1.50. The lowest BCUT2D eigenvalue weighted by Crippen LogP contribution is -2.46. The second kappa shape index (κ2) is 7.75. The van der Waals surface area contributed by atoms with E-state index >= 15 is 0 Å². The molecule has 3 aromatic rings. The summed E-state index contributed by atoms with van der Waals surface area (Å²) >= 11 is 1.35. The van der Waals surface area contributed by atoms with Crippen LogP contribution in [0.1, 0.15) is 31.7 Å². The van der Waals surface area contributed by atoms with E-state index in [1.807, 2.05) is 35.7 Å². The van der Waals surface area contributed by atoms with Crippen molar-refractivity contribution in [1.29, 1.82) is 0 Å². The van der Waals surface area contributed by atoms with Gasteiger partial charge < -0.3 is 10.6 Å². The Morgan fingerprint density at radius 2 is 1.86 bits per heavy atom. The highest BCUT2D eigenvalue weighted by Crippen LogP contribution is 2.45. The van der Waals surface area contributed by atoms with Crippen molar-refractivity contribution in [2.24, 2.45) is 0 Å². The van der Waals surface area contributed by atoms with Crippen LogP contribution >= 0.6 is 11.3 Å². The number of rotatable bonds is 5. The highest BCUT2D eigenvalue weighted by molar-refractivity contribution is 7.14. The summed E-state index contributed by atoms with van der Waals surface area (Å²) in [6, 6.07) is 13.6. The lowest BCUT2D eigenvalue weighted by Gasteiger charge is -2.40. The molecule has 4 rings (SSSR count). The molecule has 1 aliphatic rings. The topological polar surface area (TPSA) is 71.1 Å². The quantitative estimate of drug-likeness (QED) is 0.625. The Hall–Kier alpha value is -3.06. The molecule has 148 valence electrons. The minimum absolute atomic E-state index is 0.125. The second-order valence-corrected chi connectivity index (χ2v) is 8.05. The first-order valence-corrected chi connectivity index (χ1v) is 10.3. The molecule has 5 nitrogen and oxygen atoms in total. The number of amides is 2. The van der Waals surface area contributed by atoms with Gasteiger partial charge in [-0.25, -0.2) is 9.37 Å². The summed E-state index contributed by atoms with van der Waals surface area (Å²) in [6.45, 7) is 1.46. The van der Waals surface area contributed by atoms with Crippen molar-refractivity contribution < 1.29 is 14.0 Å². The van der Waals surface area contributed by atoms with Crippen LogP contribution in [0, 0.1) is 5.82 Å². The van der Waals surface area contributed by atoms with Crippen LogP contribution in [0.5, 0.6) is 0 Å². The fraction of sp³-hybridized carbons (Fsp3) is 0.227. The van der Waals surface area contributed by atoms with E-state index < -0.39 is 5.41 Å². The minimum atomic E-state index is -0.687. The van der Waals surface area contributed by atoms with Gasteiger partial charge in [0.05, 0.1) is 11.1 Å². The number of hydrogen-bond donors (Lipinski definition) is 2. The molecule has 7 heteroatoms. The molecule has 2 amide bonds. The third kappa shape index (κ3) is 3.91. The zero-order valence-corrected chi connectivity index (χ0v) is 16.7. The molecule has 29 heavy (non-hydrogen) atoms. The maximum atomic E-state index is 13.7. The molecule has 1 aliphatic carbocycles. The van der Waals surface area contributed by atoms with E-state index in [0.717, 1.165) is 17.7 Å². The summed E-state index contributed by atoms with van der Waals surface area (Å²) in [7, 11) is 0. The number of anilines is 2. The first-order valence-electron chi connectivity index (χ1n) is 9.37. The molecule has 1 heterocycles. The van der Waals surface area contributed by atoms with Crippen molar-refractivity contribution in [1.82, 2.24) is 4.98 Å². The summed E-state index contributed by atoms with van der Waals surface area (Å²) in [4.78, 5) is 28.7. The molecular formula is C22H20FN3O2S. The fourth-order valence-corrected chi connectivity index (χ4v) is 4.29. The molecule has 0 bridgehead atoms. The number of nitrogens with zero attached hydrogens (tertiary/aromatic N) is 1. The average Bonchev–Trinajstić information content (AvgIpc) is 3.09. The highest BCUT2D eigenvalue weighted by Gasteiger charge is 2.46. The molecule has 2 N–H and O–H groups in total. The van der Waals surface area contributed by atoms with Gasteiger partial charge >= 0.3 is 0 Å². The van der Waals surface area contributed by atoms with E-state index in [2.05, 4.69) is 15.6 Å². The molecule has 0 atom stereocenters. The summed E-state index contributed by atoms with van der Waals surface area (Å²) < 4.78 is 13.7. The molecule has 0 radical (unpaired) electrons. The third-order valence-corrected chi connectivity index (χ3v) is 6.00. The van der Waals surface area contributed by atoms with Crippen LogP contribution in [0.15, 0.2) is 53.9 Å². The molecule has 0 unspecified atom stereocenters. The molecule has 2 aromatic carbocycles. The van der Waals surface area contributed by atoms with Gasteiger partial charge in [-0.15, -0.1) is 11.3 Å². The van der Waals surface area contributed by atoms with E-state index in [1.54, 1.807) is 6.07 Å². The van der Waals surface area contributed by atoms with Crippen LogP contribution in [-0.2, 0) is 15.0 Å². The van der Waals surface area contributed by atoms with Gasteiger partial charge in [0.25, 0.3) is 0 Å². The smallest absolute Gasteiger partial charge is 0.236 e. The average molecular weight is 409 g/mol. The number of hydrogen-bond acceptors (Lipinski definition) is 4. The van der Waals surface area contributed by atoms with Crippen molar-refractivity contribution in [3.63, 3.8) is 0 Å². The Morgan fingerprint density at radius 1 is 1.10 bits per heavy atom. The number of carbonyl (C=O) groups excluding carboxylic acids is 2. The molecular weight excluding hydrogens is 389 g/mol. The van der Waals surface area contributed by atoms with E-state index in [9.17, 15) is 14.0 Å². The SMILES string of the molecule is CC(=O)Nc1ccc(-c2csc(NC(=O)C3(c4cccc(F)c4)CCC3)n2)cc1. The van der Waals surface area contributed by atoms with Crippen LogP contribution in [-0.4, -0.2) is 16.8 Å². The number of thiazole rings is 1. The van der Waals surface area contributed by atoms with Crippen LogP contribution < -0.4 is 10.6 Å². The summed E-state index contributed by atoms with van der Waals surface area (Å²) in [5.41, 5.74) is 2.37. The van der Waals surface area contributed by atoms with Crippen molar-refractivity contribution >= 4 is 34.0 Å². The molecule has 0 spiro atoms. The predicted octanol–water partition coefficient (Wildman–Crippen LogP) is 4.97. The molecule has 1 fully saturated rings. The summed E-state index contributed by atoms with van der Waals surface area (Å²) in [6.07, 6.45) is 2.34. The molecule has 1 aromatic heterocycles. The maximum absolute atomic E-state index is 13.7. The van der Waals surface area contributed by atoms with E-state index in [0.29, 0.717) is 29.2 Å². The first-order chi connectivity index (χ1) is 14.0. The van der Waals surface area contributed by atoms with Crippen LogP contribution in [0.4, 0.5) is 15.2 Å². The fourth-order valence-electron chi connectivity index (χ4n) is 3.57. The number of aromatic nitrogens is 1. The van der Waals surface area contributed by atoms with Crippen LogP contribution in [0.3, 0.4) is 0 Å². The Kier molecular flexibility index (Phi) is 5.15. The van der Waals surface area contributed by atoms with Gasteiger partial charge in [-0.1, -0.05) is 30.7 Å². The van der Waals surface area contributed by atoms with Gasteiger partial charge in [-0.05, 0) is 42.7 Å². The summed E-state index contributed by atoms with van der Waals surface area (Å²) in [5, 5.41) is 8.03. The molecule has 1 saturated carbocycles.